The maximum Gasteiger partial charge on any atom is 0.314 e. The van der Waals surface area contributed by atoms with Gasteiger partial charge >= 0.3 is 12.1 Å². The first-order valence-electron chi connectivity index (χ1n) is 6.56. The van der Waals surface area contributed by atoms with E-state index >= 15 is 0 Å². The van der Waals surface area contributed by atoms with Crippen molar-refractivity contribution in [3.63, 3.8) is 0 Å². The largest absolute Gasteiger partial charge is 0.341 e. The highest BCUT2D eigenvalue weighted by Gasteiger charge is 2.22. The molecule has 0 radical (unpaired) electrons. The van der Waals surface area contributed by atoms with Crippen LogP contribution in [0.25, 0.3) is 0 Å². The molecule has 0 aromatic rings. The summed E-state index contributed by atoms with van der Waals surface area (Å²) in [6.07, 6.45) is 4.54. The summed E-state index contributed by atoms with van der Waals surface area (Å²) in [5, 5.41) is 10.8. The first kappa shape index (κ1) is 14.6. The van der Waals surface area contributed by atoms with Gasteiger partial charge in [0, 0.05) is 27.2 Å². The lowest BCUT2D eigenvalue weighted by atomic mass is 9.81. The molecule has 1 aliphatic rings. The topological polar surface area (TPSA) is 82.3 Å². The lowest BCUT2D eigenvalue weighted by Gasteiger charge is -2.29. The van der Waals surface area contributed by atoms with Gasteiger partial charge in [-0.3, -0.25) is 0 Å². The zero-order chi connectivity index (χ0) is 13.4. The van der Waals surface area contributed by atoms with Crippen LogP contribution >= 0.6 is 0 Å². The summed E-state index contributed by atoms with van der Waals surface area (Å²) < 4.78 is 0. The Morgan fingerprint density at radius 2 is 1.39 bits per heavy atom. The first-order chi connectivity index (χ1) is 8.65. The third kappa shape index (κ3) is 5.25. The van der Waals surface area contributed by atoms with Crippen LogP contribution in [0.4, 0.5) is 9.59 Å². The summed E-state index contributed by atoms with van der Waals surface area (Å²) in [5.41, 5.74) is 0. The molecule has 1 fully saturated rings. The Hall–Kier alpha value is -1.46. The van der Waals surface area contributed by atoms with Crippen LogP contribution in [0.3, 0.4) is 0 Å². The highest BCUT2D eigenvalue weighted by Crippen LogP contribution is 2.28. The minimum absolute atomic E-state index is 0.124. The van der Waals surface area contributed by atoms with E-state index in [0.29, 0.717) is 11.8 Å². The van der Waals surface area contributed by atoms with Crippen molar-refractivity contribution in [2.24, 2.45) is 11.8 Å². The van der Waals surface area contributed by atoms with Gasteiger partial charge in [-0.05, 0) is 31.1 Å². The van der Waals surface area contributed by atoms with Crippen LogP contribution in [0.5, 0.6) is 0 Å². The number of carbonyl (C=O) groups excluding carboxylic acids is 2. The summed E-state index contributed by atoms with van der Waals surface area (Å²) in [7, 11) is 3.23. The van der Waals surface area contributed by atoms with Gasteiger partial charge in [0.05, 0.1) is 0 Å². The van der Waals surface area contributed by atoms with E-state index in [4.69, 9.17) is 0 Å². The van der Waals surface area contributed by atoms with Crippen molar-refractivity contribution in [3.8, 4) is 0 Å². The van der Waals surface area contributed by atoms with Gasteiger partial charge in [-0.1, -0.05) is 6.42 Å². The molecule has 1 aliphatic carbocycles. The van der Waals surface area contributed by atoms with Crippen LogP contribution < -0.4 is 21.3 Å². The predicted molar refractivity (Wildman–Crippen MR) is 70.4 cm³/mol. The van der Waals surface area contributed by atoms with Crippen molar-refractivity contribution in [2.75, 3.05) is 27.2 Å². The first-order valence-corrected chi connectivity index (χ1v) is 6.56. The summed E-state index contributed by atoms with van der Waals surface area (Å²) in [5.74, 6) is 1.04. The molecule has 0 bridgehead atoms. The van der Waals surface area contributed by atoms with Gasteiger partial charge in [0.15, 0.2) is 0 Å². The Balaban J connectivity index is 2.23. The van der Waals surface area contributed by atoms with Crippen LogP contribution in [0.15, 0.2) is 0 Å². The van der Waals surface area contributed by atoms with Gasteiger partial charge in [-0.25, -0.2) is 9.59 Å². The minimum Gasteiger partial charge on any atom is -0.341 e. The third-order valence-electron chi connectivity index (χ3n) is 3.45. The summed E-state index contributed by atoms with van der Waals surface area (Å²) in [6.45, 7) is 1.44. The van der Waals surface area contributed by atoms with Crippen molar-refractivity contribution >= 4 is 12.1 Å². The maximum absolute atomic E-state index is 11.1. The van der Waals surface area contributed by atoms with E-state index in [-0.39, 0.29) is 12.1 Å². The average molecular weight is 256 g/mol. The van der Waals surface area contributed by atoms with Gasteiger partial charge in [0.25, 0.3) is 0 Å². The molecule has 1 rings (SSSR count). The van der Waals surface area contributed by atoms with Gasteiger partial charge in [-0.2, -0.15) is 0 Å². The second-order valence-electron chi connectivity index (χ2n) is 4.82. The minimum atomic E-state index is -0.124. The zero-order valence-corrected chi connectivity index (χ0v) is 11.2. The lowest BCUT2D eigenvalue weighted by Crippen LogP contribution is -2.40. The second kappa shape index (κ2) is 7.79. The standard InChI is InChI=1S/C12H24N4O2/c1-13-11(17)15-7-9-4-3-5-10(6-9)8-16-12(18)14-2/h9-10H,3-8H2,1-2H3,(H2,13,15,17)(H2,14,16,18)/t9-,10-/m0/s1. The summed E-state index contributed by atoms with van der Waals surface area (Å²) in [6, 6.07) is -0.249. The lowest BCUT2D eigenvalue weighted by molar-refractivity contribution is 0.223. The van der Waals surface area contributed by atoms with Gasteiger partial charge in [0.2, 0.25) is 0 Å². The molecule has 4 amide bonds. The van der Waals surface area contributed by atoms with Crippen molar-refractivity contribution < 1.29 is 9.59 Å². The molecule has 2 atom stereocenters. The van der Waals surface area contributed by atoms with Crippen LogP contribution in [-0.2, 0) is 0 Å². The SMILES string of the molecule is CNC(=O)NC[C@H]1CCC[C@H](CNC(=O)NC)C1. The number of rotatable bonds is 4. The molecular formula is C12H24N4O2. The van der Waals surface area contributed by atoms with E-state index < -0.39 is 0 Å². The molecule has 0 aromatic carbocycles. The molecule has 0 saturated heterocycles. The predicted octanol–water partition coefficient (Wildman–Crippen LogP) is 0.651. The number of amides is 4. The molecular weight excluding hydrogens is 232 g/mol. The number of hydrogen-bond donors (Lipinski definition) is 4. The molecule has 6 heteroatoms. The Morgan fingerprint density at radius 3 is 1.78 bits per heavy atom. The Kier molecular flexibility index (Phi) is 6.32. The summed E-state index contributed by atoms with van der Waals surface area (Å²) in [4.78, 5) is 22.2. The quantitative estimate of drug-likeness (QED) is 0.595. The molecule has 4 N–H and O–H groups in total. The molecule has 0 heterocycles. The van der Waals surface area contributed by atoms with Gasteiger partial charge in [0.1, 0.15) is 0 Å². The Morgan fingerprint density at radius 1 is 0.944 bits per heavy atom. The number of hydrogen-bond acceptors (Lipinski definition) is 2. The van der Waals surface area contributed by atoms with Crippen molar-refractivity contribution in [1.82, 2.24) is 21.3 Å². The molecule has 0 spiro atoms. The van der Waals surface area contributed by atoms with Crippen LogP contribution in [-0.4, -0.2) is 39.2 Å². The highest BCUT2D eigenvalue weighted by atomic mass is 16.2. The number of nitrogens with one attached hydrogen (secondary N) is 4. The fraction of sp³-hybridized carbons (Fsp3) is 0.833. The Bertz CT molecular complexity index is 257. The highest BCUT2D eigenvalue weighted by molar-refractivity contribution is 5.73. The van der Waals surface area contributed by atoms with Crippen LogP contribution in [0, 0.1) is 11.8 Å². The molecule has 0 unspecified atom stereocenters. The maximum atomic E-state index is 11.1. The van der Waals surface area contributed by atoms with Crippen molar-refractivity contribution in [1.29, 1.82) is 0 Å². The molecule has 6 nitrogen and oxygen atoms in total. The van der Waals surface area contributed by atoms with Crippen LogP contribution in [0.2, 0.25) is 0 Å². The monoisotopic (exact) mass is 256 g/mol. The molecule has 0 aliphatic heterocycles. The second-order valence-corrected chi connectivity index (χ2v) is 4.82. The van der Waals surface area contributed by atoms with E-state index in [9.17, 15) is 9.59 Å². The molecule has 0 aromatic heterocycles. The molecule has 104 valence electrons. The van der Waals surface area contributed by atoms with E-state index in [2.05, 4.69) is 21.3 Å². The van der Waals surface area contributed by atoms with E-state index in [1.54, 1.807) is 14.1 Å². The fourth-order valence-electron chi connectivity index (χ4n) is 2.42. The number of urea groups is 2. The van der Waals surface area contributed by atoms with E-state index in [1.807, 2.05) is 0 Å². The van der Waals surface area contributed by atoms with E-state index in [1.165, 1.54) is 6.42 Å². The normalized spacial score (nSPS) is 23.0. The van der Waals surface area contributed by atoms with Gasteiger partial charge in [-0.15, -0.1) is 0 Å². The fourth-order valence-corrected chi connectivity index (χ4v) is 2.42. The average Bonchev–Trinajstić information content (AvgIpc) is 2.42. The van der Waals surface area contributed by atoms with Gasteiger partial charge < -0.3 is 21.3 Å². The van der Waals surface area contributed by atoms with Crippen LogP contribution in [0.1, 0.15) is 25.7 Å². The third-order valence-corrected chi connectivity index (χ3v) is 3.45. The number of carbonyl (C=O) groups is 2. The molecule has 18 heavy (non-hydrogen) atoms. The molecule has 1 saturated carbocycles. The van der Waals surface area contributed by atoms with Crippen molar-refractivity contribution in [2.45, 2.75) is 25.7 Å². The summed E-state index contributed by atoms with van der Waals surface area (Å²) >= 11 is 0. The smallest absolute Gasteiger partial charge is 0.314 e. The van der Waals surface area contributed by atoms with E-state index in [0.717, 1.165) is 32.4 Å². The Labute approximate surface area is 108 Å². The zero-order valence-electron chi connectivity index (χ0n) is 11.2. The van der Waals surface area contributed by atoms with Crippen molar-refractivity contribution in [3.05, 3.63) is 0 Å².